The highest BCUT2D eigenvalue weighted by Crippen LogP contribution is 2.18. The summed E-state index contributed by atoms with van der Waals surface area (Å²) in [5.74, 6) is 0. The smallest absolute Gasteiger partial charge is 0.259 e. The van der Waals surface area contributed by atoms with Crippen molar-refractivity contribution in [3.8, 4) is 0 Å². The predicted molar refractivity (Wildman–Crippen MR) is 89.4 cm³/mol. The van der Waals surface area contributed by atoms with E-state index < -0.39 is 9.12 Å². The standard InChI is InChI=1S/C16H35N2Si/c1-10-11-12-19(17(13(2)3)14(4)5)18(15(6)7)16(8)9/h11-16H,10H2,1-9H3. The van der Waals surface area contributed by atoms with Gasteiger partial charge in [0.2, 0.25) is 0 Å². The summed E-state index contributed by atoms with van der Waals surface area (Å²) in [7, 11) is -0.796. The third-order valence-corrected chi connectivity index (χ3v) is 6.91. The summed E-state index contributed by atoms with van der Waals surface area (Å²) in [5.41, 5.74) is 2.49. The maximum Gasteiger partial charge on any atom is 0.259 e. The molecule has 0 aromatic carbocycles. The molecule has 1 radical (unpaired) electrons. The first kappa shape index (κ1) is 18.9. The molecule has 0 bridgehead atoms. The van der Waals surface area contributed by atoms with Crippen molar-refractivity contribution < 1.29 is 0 Å². The highest BCUT2D eigenvalue weighted by molar-refractivity contribution is 6.58. The number of allylic oxidation sites excluding steroid dienone is 1. The van der Waals surface area contributed by atoms with Gasteiger partial charge in [-0.15, -0.1) is 0 Å². The van der Waals surface area contributed by atoms with Crippen molar-refractivity contribution in [1.29, 1.82) is 0 Å². The van der Waals surface area contributed by atoms with Crippen molar-refractivity contribution in [1.82, 2.24) is 9.13 Å². The summed E-state index contributed by atoms with van der Waals surface area (Å²) in [4.78, 5) is 0. The van der Waals surface area contributed by atoms with E-state index in [4.69, 9.17) is 0 Å². The van der Waals surface area contributed by atoms with Crippen molar-refractivity contribution in [2.75, 3.05) is 0 Å². The molecular weight excluding hydrogens is 248 g/mol. The average molecular weight is 284 g/mol. The van der Waals surface area contributed by atoms with Crippen LogP contribution in [0.4, 0.5) is 0 Å². The maximum absolute atomic E-state index is 2.71. The minimum absolute atomic E-state index is 0.593. The molecule has 0 aliphatic rings. The van der Waals surface area contributed by atoms with Gasteiger partial charge in [-0.05, 0) is 30.6 Å². The molecule has 2 nitrogen and oxygen atoms in total. The Morgan fingerprint density at radius 1 is 0.737 bits per heavy atom. The number of hydrogen-bond acceptors (Lipinski definition) is 2. The largest absolute Gasteiger partial charge is 0.304 e. The molecule has 0 heterocycles. The SMILES string of the molecule is CCC=C[Si](N(C(C)C)C(C)C)N(C(C)C)C(C)C. The predicted octanol–water partition coefficient (Wildman–Crippen LogP) is 4.22. The Morgan fingerprint density at radius 2 is 1.05 bits per heavy atom. The molecule has 19 heavy (non-hydrogen) atoms. The number of nitrogens with zero attached hydrogens (tertiary/aromatic N) is 2. The van der Waals surface area contributed by atoms with E-state index in [1.807, 2.05) is 0 Å². The van der Waals surface area contributed by atoms with Gasteiger partial charge >= 0.3 is 0 Å². The highest BCUT2D eigenvalue weighted by Gasteiger charge is 2.33. The molecule has 0 saturated heterocycles. The molecule has 0 atom stereocenters. The normalized spacial score (nSPS) is 13.7. The molecule has 0 aromatic heterocycles. The van der Waals surface area contributed by atoms with Crippen LogP contribution in [0.3, 0.4) is 0 Å². The quantitative estimate of drug-likeness (QED) is 0.616. The molecule has 3 heteroatoms. The van der Waals surface area contributed by atoms with Crippen molar-refractivity contribution in [3.63, 3.8) is 0 Å². The Kier molecular flexibility index (Phi) is 8.87. The van der Waals surface area contributed by atoms with Crippen LogP contribution < -0.4 is 0 Å². The van der Waals surface area contributed by atoms with Crippen LogP contribution >= 0.6 is 0 Å². The maximum atomic E-state index is 2.71. The van der Waals surface area contributed by atoms with E-state index in [0.29, 0.717) is 24.2 Å². The van der Waals surface area contributed by atoms with Crippen LogP contribution in [0.5, 0.6) is 0 Å². The van der Waals surface area contributed by atoms with Crippen molar-refractivity contribution in [3.05, 3.63) is 11.8 Å². The zero-order valence-electron chi connectivity index (χ0n) is 14.6. The summed E-state index contributed by atoms with van der Waals surface area (Å²) < 4.78 is 5.41. The molecule has 0 aliphatic carbocycles. The summed E-state index contributed by atoms with van der Waals surface area (Å²) in [6, 6.07) is 2.37. The number of rotatable bonds is 8. The van der Waals surface area contributed by atoms with E-state index in [9.17, 15) is 0 Å². The summed E-state index contributed by atoms with van der Waals surface area (Å²) in [6.07, 6.45) is 3.48. The molecule has 0 unspecified atom stereocenters. The zero-order chi connectivity index (χ0) is 15.2. The van der Waals surface area contributed by atoms with E-state index in [0.717, 1.165) is 6.42 Å². The topological polar surface area (TPSA) is 6.48 Å². The lowest BCUT2D eigenvalue weighted by Crippen LogP contribution is -2.60. The Balaban J connectivity index is 5.43. The fourth-order valence-electron chi connectivity index (χ4n) is 2.78. The summed E-state index contributed by atoms with van der Waals surface area (Å²) in [6.45, 7) is 20.8. The molecule has 0 aromatic rings. The van der Waals surface area contributed by atoms with Crippen molar-refractivity contribution >= 4 is 9.12 Å². The van der Waals surface area contributed by atoms with Crippen LogP contribution in [0, 0.1) is 0 Å². The van der Waals surface area contributed by atoms with E-state index in [1.54, 1.807) is 0 Å². The van der Waals surface area contributed by atoms with Gasteiger partial charge in [0, 0.05) is 0 Å². The lowest BCUT2D eigenvalue weighted by molar-refractivity contribution is 0.227. The average Bonchev–Trinajstić information content (AvgIpc) is 2.23. The van der Waals surface area contributed by atoms with Gasteiger partial charge < -0.3 is 9.13 Å². The molecule has 0 fully saturated rings. The molecule has 0 spiro atoms. The summed E-state index contributed by atoms with van der Waals surface area (Å²) in [5, 5.41) is 0. The van der Waals surface area contributed by atoms with Crippen LogP contribution in [-0.2, 0) is 0 Å². The van der Waals surface area contributed by atoms with E-state index in [1.165, 1.54) is 0 Å². The fourth-order valence-corrected chi connectivity index (χ4v) is 5.95. The molecular formula is C16H35N2Si. The van der Waals surface area contributed by atoms with Gasteiger partial charge in [-0.1, -0.05) is 74.1 Å². The van der Waals surface area contributed by atoms with Gasteiger partial charge in [0.25, 0.3) is 9.12 Å². The van der Waals surface area contributed by atoms with Crippen molar-refractivity contribution in [2.24, 2.45) is 0 Å². The van der Waals surface area contributed by atoms with Gasteiger partial charge in [-0.25, -0.2) is 0 Å². The van der Waals surface area contributed by atoms with Gasteiger partial charge in [-0.3, -0.25) is 0 Å². The van der Waals surface area contributed by atoms with Crippen LogP contribution in [0.1, 0.15) is 68.7 Å². The third kappa shape index (κ3) is 5.80. The Morgan fingerprint density at radius 3 is 1.26 bits per heavy atom. The highest BCUT2D eigenvalue weighted by atomic mass is 28.3. The van der Waals surface area contributed by atoms with Crippen LogP contribution in [0.15, 0.2) is 11.8 Å². The van der Waals surface area contributed by atoms with E-state index in [-0.39, 0.29) is 0 Å². The second-order valence-electron chi connectivity index (χ2n) is 6.36. The molecule has 0 N–H and O–H groups in total. The Labute approximate surface area is 123 Å². The van der Waals surface area contributed by atoms with E-state index in [2.05, 4.69) is 83.2 Å². The van der Waals surface area contributed by atoms with Gasteiger partial charge in [0.15, 0.2) is 0 Å². The van der Waals surface area contributed by atoms with Crippen LogP contribution in [0.2, 0.25) is 0 Å². The molecule has 0 rings (SSSR count). The Hall–Kier alpha value is -0.123. The van der Waals surface area contributed by atoms with Gasteiger partial charge in [-0.2, -0.15) is 0 Å². The third-order valence-electron chi connectivity index (χ3n) is 3.26. The molecule has 0 saturated carbocycles. The summed E-state index contributed by atoms with van der Waals surface area (Å²) >= 11 is 0. The lowest BCUT2D eigenvalue weighted by Gasteiger charge is -2.44. The van der Waals surface area contributed by atoms with E-state index >= 15 is 0 Å². The fraction of sp³-hybridized carbons (Fsp3) is 0.875. The first-order valence-electron chi connectivity index (χ1n) is 7.84. The van der Waals surface area contributed by atoms with Crippen LogP contribution in [-0.4, -0.2) is 42.4 Å². The lowest BCUT2D eigenvalue weighted by atomic mass is 10.3. The monoisotopic (exact) mass is 283 g/mol. The molecule has 113 valence electrons. The second kappa shape index (κ2) is 8.93. The van der Waals surface area contributed by atoms with Gasteiger partial charge in [0.05, 0.1) is 0 Å². The molecule has 0 amide bonds. The second-order valence-corrected chi connectivity index (χ2v) is 8.44. The van der Waals surface area contributed by atoms with Crippen LogP contribution in [0.25, 0.3) is 0 Å². The first-order valence-corrected chi connectivity index (χ1v) is 9.31. The minimum atomic E-state index is -0.796. The zero-order valence-corrected chi connectivity index (χ0v) is 15.6. The number of hydrogen-bond donors (Lipinski definition) is 0. The first-order chi connectivity index (χ1) is 8.73. The van der Waals surface area contributed by atoms with Crippen molar-refractivity contribution in [2.45, 2.75) is 92.9 Å². The molecule has 0 aliphatic heterocycles. The Bertz CT molecular complexity index is 223. The minimum Gasteiger partial charge on any atom is -0.304 e. The van der Waals surface area contributed by atoms with Gasteiger partial charge in [0.1, 0.15) is 0 Å².